The van der Waals surface area contributed by atoms with Gasteiger partial charge in [0.2, 0.25) is 0 Å². The topological polar surface area (TPSA) is 47.0 Å². The molecule has 17 heavy (non-hydrogen) atoms. The Hall–Kier alpha value is -0.520. The van der Waals surface area contributed by atoms with E-state index in [1.165, 1.54) is 12.8 Å². The number of methoxy groups -OCH3 is 1. The van der Waals surface area contributed by atoms with Crippen molar-refractivity contribution < 1.29 is 4.74 Å². The van der Waals surface area contributed by atoms with E-state index in [1.807, 2.05) is 11.8 Å². The van der Waals surface area contributed by atoms with E-state index < -0.39 is 0 Å². The number of anilines is 1. The third kappa shape index (κ3) is 3.47. The van der Waals surface area contributed by atoms with Gasteiger partial charge in [-0.1, -0.05) is 11.6 Å². The summed E-state index contributed by atoms with van der Waals surface area (Å²) in [6.07, 6.45) is 4.69. The fraction of sp³-hybridized carbons (Fsp3) is 0.636. The van der Waals surface area contributed by atoms with Crippen molar-refractivity contribution in [3.63, 3.8) is 0 Å². The van der Waals surface area contributed by atoms with Crippen LogP contribution in [0, 0.1) is 0 Å². The molecule has 1 N–H and O–H groups in total. The molecular formula is C11H16ClN3OS. The molecule has 0 saturated heterocycles. The fourth-order valence-electron chi connectivity index (χ4n) is 1.59. The molecule has 1 aromatic rings. The van der Waals surface area contributed by atoms with E-state index in [-0.39, 0.29) is 0 Å². The van der Waals surface area contributed by atoms with Crippen LogP contribution in [0.25, 0.3) is 0 Å². The lowest BCUT2D eigenvalue weighted by molar-refractivity contribution is 0.178. The minimum atomic E-state index is 0.378. The quantitative estimate of drug-likeness (QED) is 0.808. The Balaban J connectivity index is 2.00. The van der Waals surface area contributed by atoms with E-state index in [9.17, 15) is 0 Å². The standard InChI is InChI=1S/C11H16ClN3OS/c1-16-6-10-14-8(12)5-9(15-10)13-7-11(17-2)3-4-11/h5H,3-4,6-7H2,1-2H3,(H,13,14,15). The van der Waals surface area contributed by atoms with Crippen LogP contribution >= 0.6 is 23.4 Å². The average Bonchev–Trinajstić information content (AvgIpc) is 3.07. The number of nitrogens with one attached hydrogen (secondary N) is 1. The maximum atomic E-state index is 5.93. The van der Waals surface area contributed by atoms with Gasteiger partial charge >= 0.3 is 0 Å². The number of rotatable bonds is 6. The predicted octanol–water partition coefficient (Wildman–Crippen LogP) is 2.58. The molecule has 1 aliphatic carbocycles. The Kier molecular flexibility index (Phi) is 4.12. The third-order valence-electron chi connectivity index (χ3n) is 2.85. The van der Waals surface area contributed by atoms with Gasteiger partial charge in [-0.25, -0.2) is 9.97 Å². The fourth-order valence-corrected chi connectivity index (χ4v) is 2.52. The summed E-state index contributed by atoms with van der Waals surface area (Å²) in [5.41, 5.74) is 0. The normalized spacial score (nSPS) is 16.9. The van der Waals surface area contributed by atoms with Crippen molar-refractivity contribution in [1.29, 1.82) is 0 Å². The van der Waals surface area contributed by atoms with Crippen LogP contribution < -0.4 is 5.32 Å². The molecule has 1 saturated carbocycles. The first kappa shape index (κ1) is 12.9. The van der Waals surface area contributed by atoms with Crippen molar-refractivity contribution in [2.45, 2.75) is 24.2 Å². The Labute approximate surface area is 111 Å². The van der Waals surface area contributed by atoms with Crippen LogP contribution in [0.5, 0.6) is 0 Å². The van der Waals surface area contributed by atoms with Gasteiger partial charge < -0.3 is 10.1 Å². The summed E-state index contributed by atoms with van der Waals surface area (Å²) in [5.74, 6) is 1.38. The van der Waals surface area contributed by atoms with Crippen LogP contribution in [0.2, 0.25) is 5.15 Å². The number of thioether (sulfide) groups is 1. The SMILES string of the molecule is COCc1nc(Cl)cc(NCC2(SC)CC2)n1. The van der Waals surface area contributed by atoms with Gasteiger partial charge in [0, 0.05) is 24.5 Å². The maximum absolute atomic E-state index is 5.93. The van der Waals surface area contributed by atoms with Gasteiger partial charge in [0.25, 0.3) is 0 Å². The number of aromatic nitrogens is 2. The van der Waals surface area contributed by atoms with Crippen LogP contribution in [0.15, 0.2) is 6.07 Å². The molecule has 0 aromatic carbocycles. The molecule has 0 unspecified atom stereocenters. The Bertz CT molecular complexity index is 398. The maximum Gasteiger partial charge on any atom is 0.158 e. The Morgan fingerprint density at radius 3 is 2.88 bits per heavy atom. The van der Waals surface area contributed by atoms with Gasteiger partial charge in [-0.05, 0) is 19.1 Å². The van der Waals surface area contributed by atoms with Crippen LogP contribution in [0.3, 0.4) is 0 Å². The van der Waals surface area contributed by atoms with Crippen molar-refractivity contribution >= 4 is 29.2 Å². The minimum Gasteiger partial charge on any atom is -0.377 e. The summed E-state index contributed by atoms with van der Waals surface area (Å²) in [6, 6.07) is 1.75. The Morgan fingerprint density at radius 2 is 2.29 bits per heavy atom. The first-order chi connectivity index (χ1) is 8.17. The molecule has 1 aromatic heterocycles. The molecule has 0 spiro atoms. The molecule has 6 heteroatoms. The van der Waals surface area contributed by atoms with E-state index in [0.29, 0.717) is 22.3 Å². The highest BCUT2D eigenvalue weighted by Crippen LogP contribution is 2.46. The smallest absolute Gasteiger partial charge is 0.158 e. The molecule has 0 bridgehead atoms. The molecule has 1 heterocycles. The predicted molar refractivity (Wildman–Crippen MR) is 71.7 cm³/mol. The van der Waals surface area contributed by atoms with Gasteiger partial charge in [-0.3, -0.25) is 0 Å². The van der Waals surface area contributed by atoms with Gasteiger partial charge in [0.15, 0.2) is 5.82 Å². The Morgan fingerprint density at radius 1 is 1.53 bits per heavy atom. The summed E-state index contributed by atoms with van der Waals surface area (Å²) in [7, 11) is 1.62. The summed E-state index contributed by atoms with van der Waals surface area (Å²) in [6.45, 7) is 1.30. The minimum absolute atomic E-state index is 0.378. The van der Waals surface area contributed by atoms with E-state index in [4.69, 9.17) is 16.3 Å². The molecular weight excluding hydrogens is 258 g/mol. The molecule has 0 radical (unpaired) electrons. The van der Waals surface area contributed by atoms with Crippen LogP contribution in [0.4, 0.5) is 5.82 Å². The molecule has 0 atom stereocenters. The van der Waals surface area contributed by atoms with Crippen molar-refractivity contribution in [3.05, 3.63) is 17.0 Å². The monoisotopic (exact) mass is 273 g/mol. The summed E-state index contributed by atoms with van der Waals surface area (Å²) >= 11 is 7.85. The van der Waals surface area contributed by atoms with Gasteiger partial charge in [-0.15, -0.1) is 0 Å². The van der Waals surface area contributed by atoms with Crippen LogP contribution in [0.1, 0.15) is 18.7 Å². The van der Waals surface area contributed by atoms with Gasteiger partial charge in [-0.2, -0.15) is 11.8 Å². The van der Waals surface area contributed by atoms with Gasteiger partial charge in [0.1, 0.15) is 17.6 Å². The van der Waals surface area contributed by atoms with Crippen molar-refractivity contribution in [2.75, 3.05) is 25.2 Å². The lowest BCUT2D eigenvalue weighted by atomic mass is 10.4. The van der Waals surface area contributed by atoms with E-state index in [1.54, 1.807) is 13.2 Å². The highest BCUT2D eigenvalue weighted by Gasteiger charge is 2.41. The zero-order chi connectivity index (χ0) is 12.3. The highest BCUT2D eigenvalue weighted by molar-refractivity contribution is 8.00. The summed E-state index contributed by atoms with van der Waals surface area (Å²) < 4.78 is 5.40. The number of halogens is 1. The first-order valence-corrected chi connectivity index (χ1v) is 7.09. The molecule has 1 aliphatic rings. The summed E-state index contributed by atoms with van der Waals surface area (Å²) in [5, 5.41) is 3.77. The average molecular weight is 274 g/mol. The number of ether oxygens (including phenoxy) is 1. The zero-order valence-corrected chi connectivity index (χ0v) is 11.6. The van der Waals surface area contributed by atoms with E-state index in [2.05, 4.69) is 21.5 Å². The van der Waals surface area contributed by atoms with Gasteiger partial charge in [0.05, 0.1) is 0 Å². The number of hydrogen-bond acceptors (Lipinski definition) is 5. The van der Waals surface area contributed by atoms with Crippen molar-refractivity contribution in [3.8, 4) is 0 Å². The molecule has 94 valence electrons. The molecule has 0 amide bonds. The van der Waals surface area contributed by atoms with E-state index in [0.717, 1.165) is 12.4 Å². The molecule has 0 aliphatic heterocycles. The van der Waals surface area contributed by atoms with Crippen LogP contribution in [-0.4, -0.2) is 34.6 Å². The zero-order valence-electron chi connectivity index (χ0n) is 9.99. The lowest BCUT2D eigenvalue weighted by Gasteiger charge is -2.14. The second-order valence-corrected chi connectivity index (χ2v) is 5.83. The molecule has 2 rings (SSSR count). The second kappa shape index (κ2) is 5.42. The number of hydrogen-bond donors (Lipinski definition) is 1. The van der Waals surface area contributed by atoms with Crippen molar-refractivity contribution in [2.24, 2.45) is 0 Å². The second-order valence-electron chi connectivity index (χ2n) is 4.17. The van der Waals surface area contributed by atoms with E-state index >= 15 is 0 Å². The first-order valence-electron chi connectivity index (χ1n) is 5.49. The summed E-state index contributed by atoms with van der Waals surface area (Å²) in [4.78, 5) is 8.44. The molecule has 4 nitrogen and oxygen atoms in total. The third-order valence-corrected chi connectivity index (χ3v) is 4.46. The lowest BCUT2D eigenvalue weighted by Crippen LogP contribution is -2.18. The van der Waals surface area contributed by atoms with Crippen LogP contribution in [-0.2, 0) is 11.3 Å². The van der Waals surface area contributed by atoms with Crippen molar-refractivity contribution in [1.82, 2.24) is 9.97 Å². The highest BCUT2D eigenvalue weighted by atomic mass is 35.5. The largest absolute Gasteiger partial charge is 0.377 e. The molecule has 1 fully saturated rings. The number of nitrogens with zero attached hydrogens (tertiary/aromatic N) is 2.